The number of nitrogens with one attached hydrogen (secondary N) is 1. The lowest BCUT2D eigenvalue weighted by molar-refractivity contribution is 0.0944. The van der Waals surface area contributed by atoms with Gasteiger partial charge in [-0.15, -0.1) is 5.10 Å². The molecule has 0 radical (unpaired) electrons. The van der Waals surface area contributed by atoms with Gasteiger partial charge in [0.05, 0.1) is 12.3 Å². The van der Waals surface area contributed by atoms with E-state index >= 15 is 0 Å². The van der Waals surface area contributed by atoms with Crippen LogP contribution in [0.25, 0.3) is 0 Å². The molecule has 0 saturated heterocycles. The maximum absolute atomic E-state index is 12.2. The van der Waals surface area contributed by atoms with E-state index in [4.69, 9.17) is 4.74 Å². The van der Waals surface area contributed by atoms with Crippen molar-refractivity contribution < 1.29 is 9.53 Å². The number of rotatable bonds is 5. The van der Waals surface area contributed by atoms with E-state index in [2.05, 4.69) is 20.5 Å². The second-order valence-corrected chi connectivity index (χ2v) is 5.17. The van der Waals surface area contributed by atoms with Crippen molar-refractivity contribution in [2.75, 3.05) is 6.61 Å². The standard InChI is InChI=1S/C16H18N4O2/c1-2-22-15-8-11(6-7-17-15)10-18-16(21)14-9-12-4-3-5-13(12)19-20-14/h6-9H,2-5,10H2,1H3,(H,18,21). The Morgan fingerprint density at radius 1 is 1.32 bits per heavy atom. The second kappa shape index (κ2) is 6.51. The summed E-state index contributed by atoms with van der Waals surface area (Å²) in [6.07, 6.45) is 4.70. The molecule has 0 unspecified atom stereocenters. The molecule has 6 nitrogen and oxygen atoms in total. The summed E-state index contributed by atoms with van der Waals surface area (Å²) in [6, 6.07) is 5.51. The molecule has 6 heteroatoms. The van der Waals surface area contributed by atoms with Gasteiger partial charge in [-0.3, -0.25) is 4.79 Å². The number of hydrogen-bond acceptors (Lipinski definition) is 5. The van der Waals surface area contributed by atoms with Crippen molar-refractivity contribution in [2.45, 2.75) is 32.7 Å². The summed E-state index contributed by atoms with van der Waals surface area (Å²) >= 11 is 0. The molecule has 0 aromatic carbocycles. The minimum Gasteiger partial charge on any atom is -0.478 e. The van der Waals surface area contributed by atoms with Crippen molar-refractivity contribution in [1.82, 2.24) is 20.5 Å². The number of carbonyl (C=O) groups is 1. The molecule has 0 fully saturated rings. The SMILES string of the molecule is CCOc1cc(CNC(=O)c2cc3c(nn2)CCC3)ccn1. The van der Waals surface area contributed by atoms with Crippen LogP contribution in [0.5, 0.6) is 5.88 Å². The van der Waals surface area contributed by atoms with E-state index < -0.39 is 0 Å². The average molecular weight is 298 g/mol. The van der Waals surface area contributed by atoms with Gasteiger partial charge in [-0.25, -0.2) is 4.98 Å². The first-order chi connectivity index (χ1) is 10.8. The highest BCUT2D eigenvalue weighted by atomic mass is 16.5. The van der Waals surface area contributed by atoms with Crippen LogP contribution in [-0.4, -0.2) is 27.7 Å². The van der Waals surface area contributed by atoms with Crippen LogP contribution < -0.4 is 10.1 Å². The third-order valence-corrected chi connectivity index (χ3v) is 3.60. The van der Waals surface area contributed by atoms with Crippen LogP contribution in [0.2, 0.25) is 0 Å². The average Bonchev–Trinajstić information content (AvgIpc) is 3.01. The summed E-state index contributed by atoms with van der Waals surface area (Å²) < 4.78 is 5.34. The number of carbonyl (C=O) groups excluding carboxylic acids is 1. The Hall–Kier alpha value is -2.50. The normalized spacial score (nSPS) is 12.8. The summed E-state index contributed by atoms with van der Waals surface area (Å²) in [6.45, 7) is 2.87. The molecular weight excluding hydrogens is 280 g/mol. The zero-order chi connectivity index (χ0) is 15.4. The Morgan fingerprint density at radius 3 is 3.09 bits per heavy atom. The highest BCUT2D eigenvalue weighted by Crippen LogP contribution is 2.19. The van der Waals surface area contributed by atoms with Crippen LogP contribution in [-0.2, 0) is 19.4 Å². The first-order valence-electron chi connectivity index (χ1n) is 7.47. The number of pyridine rings is 1. The summed E-state index contributed by atoms with van der Waals surface area (Å²) in [5.74, 6) is 0.351. The smallest absolute Gasteiger partial charge is 0.272 e. The molecule has 2 heterocycles. The molecule has 22 heavy (non-hydrogen) atoms. The number of aryl methyl sites for hydroxylation is 2. The van der Waals surface area contributed by atoms with E-state index in [0.29, 0.717) is 24.7 Å². The fourth-order valence-corrected chi connectivity index (χ4v) is 2.50. The Morgan fingerprint density at radius 2 is 2.23 bits per heavy atom. The van der Waals surface area contributed by atoms with Gasteiger partial charge < -0.3 is 10.1 Å². The zero-order valence-corrected chi connectivity index (χ0v) is 12.5. The lowest BCUT2D eigenvalue weighted by Gasteiger charge is -2.07. The van der Waals surface area contributed by atoms with Crippen LogP contribution >= 0.6 is 0 Å². The number of fused-ring (bicyclic) bond motifs is 1. The third kappa shape index (κ3) is 3.21. The molecule has 1 amide bonds. The molecule has 0 aliphatic heterocycles. The monoisotopic (exact) mass is 298 g/mol. The molecule has 114 valence electrons. The zero-order valence-electron chi connectivity index (χ0n) is 12.5. The molecule has 1 N–H and O–H groups in total. The van der Waals surface area contributed by atoms with Gasteiger partial charge in [0, 0.05) is 18.8 Å². The van der Waals surface area contributed by atoms with Crippen LogP contribution in [0, 0.1) is 0 Å². The minimum atomic E-state index is -0.211. The molecular formula is C16H18N4O2. The van der Waals surface area contributed by atoms with Gasteiger partial charge in [0.15, 0.2) is 5.69 Å². The molecule has 0 atom stereocenters. The quantitative estimate of drug-likeness (QED) is 0.909. The van der Waals surface area contributed by atoms with Gasteiger partial charge in [0.2, 0.25) is 5.88 Å². The minimum absolute atomic E-state index is 0.211. The van der Waals surface area contributed by atoms with E-state index in [1.165, 1.54) is 0 Å². The summed E-state index contributed by atoms with van der Waals surface area (Å²) in [5.41, 5.74) is 3.47. The molecule has 3 rings (SSSR count). The van der Waals surface area contributed by atoms with Crippen LogP contribution in [0.4, 0.5) is 0 Å². The highest BCUT2D eigenvalue weighted by molar-refractivity contribution is 5.92. The second-order valence-electron chi connectivity index (χ2n) is 5.17. The maximum Gasteiger partial charge on any atom is 0.272 e. The predicted molar refractivity (Wildman–Crippen MR) is 80.6 cm³/mol. The fourth-order valence-electron chi connectivity index (χ4n) is 2.50. The van der Waals surface area contributed by atoms with Crippen molar-refractivity contribution in [2.24, 2.45) is 0 Å². The molecule has 0 spiro atoms. The van der Waals surface area contributed by atoms with E-state index in [9.17, 15) is 4.79 Å². The molecule has 1 aliphatic rings. The van der Waals surface area contributed by atoms with Crippen molar-refractivity contribution in [1.29, 1.82) is 0 Å². The Bertz CT molecular complexity index is 688. The van der Waals surface area contributed by atoms with Gasteiger partial charge >= 0.3 is 0 Å². The lowest BCUT2D eigenvalue weighted by Crippen LogP contribution is -2.24. The Kier molecular flexibility index (Phi) is 4.27. The van der Waals surface area contributed by atoms with Gasteiger partial charge in [-0.1, -0.05) is 0 Å². The molecule has 0 saturated carbocycles. The van der Waals surface area contributed by atoms with Gasteiger partial charge in [0.25, 0.3) is 5.91 Å². The largest absolute Gasteiger partial charge is 0.478 e. The molecule has 2 aromatic rings. The van der Waals surface area contributed by atoms with Crippen molar-refractivity contribution in [3.63, 3.8) is 0 Å². The fraction of sp³-hybridized carbons (Fsp3) is 0.375. The number of hydrogen-bond donors (Lipinski definition) is 1. The number of aromatic nitrogens is 3. The molecule has 0 bridgehead atoms. The number of ether oxygens (including phenoxy) is 1. The lowest BCUT2D eigenvalue weighted by atomic mass is 10.2. The molecule has 2 aromatic heterocycles. The predicted octanol–water partition coefficient (Wildman–Crippen LogP) is 1.69. The van der Waals surface area contributed by atoms with E-state index in [-0.39, 0.29) is 5.91 Å². The van der Waals surface area contributed by atoms with Gasteiger partial charge in [0.1, 0.15) is 0 Å². The summed E-state index contributed by atoms with van der Waals surface area (Å²) in [7, 11) is 0. The van der Waals surface area contributed by atoms with Crippen molar-refractivity contribution in [3.8, 4) is 5.88 Å². The first-order valence-corrected chi connectivity index (χ1v) is 7.47. The highest BCUT2D eigenvalue weighted by Gasteiger charge is 2.16. The third-order valence-electron chi connectivity index (χ3n) is 3.60. The topological polar surface area (TPSA) is 77.0 Å². The van der Waals surface area contributed by atoms with Crippen molar-refractivity contribution >= 4 is 5.91 Å². The van der Waals surface area contributed by atoms with E-state index in [1.807, 2.05) is 25.1 Å². The van der Waals surface area contributed by atoms with E-state index in [1.54, 1.807) is 6.20 Å². The van der Waals surface area contributed by atoms with Crippen molar-refractivity contribution in [3.05, 3.63) is 46.9 Å². The maximum atomic E-state index is 12.2. The van der Waals surface area contributed by atoms with Gasteiger partial charge in [-0.05, 0) is 49.4 Å². The number of amides is 1. The Balaban J connectivity index is 1.63. The Labute approximate surface area is 128 Å². The summed E-state index contributed by atoms with van der Waals surface area (Å²) in [5, 5.41) is 11.0. The molecule has 1 aliphatic carbocycles. The van der Waals surface area contributed by atoms with Crippen LogP contribution in [0.15, 0.2) is 24.4 Å². The van der Waals surface area contributed by atoms with Gasteiger partial charge in [-0.2, -0.15) is 5.10 Å². The van der Waals surface area contributed by atoms with Crippen LogP contribution in [0.1, 0.15) is 40.7 Å². The van der Waals surface area contributed by atoms with E-state index in [0.717, 1.165) is 36.1 Å². The van der Waals surface area contributed by atoms with Crippen LogP contribution in [0.3, 0.4) is 0 Å². The summed E-state index contributed by atoms with van der Waals surface area (Å²) in [4.78, 5) is 16.3. The first kappa shape index (κ1) is 14.4. The number of nitrogens with zero attached hydrogens (tertiary/aromatic N) is 3.